The molecule has 0 heterocycles. The SMILES string of the molecule is C1C2CC34CC56C7C8C9CC%10CC9C9C%11=C%12C%13CC3%14C(C2CC14)C5C%13%14C%126C%117C%1098. The van der Waals surface area contributed by atoms with E-state index in [2.05, 4.69) is 11.1 Å². The van der Waals surface area contributed by atoms with Gasteiger partial charge in [-0.2, -0.15) is 0 Å². The van der Waals surface area contributed by atoms with Crippen molar-refractivity contribution in [2.75, 3.05) is 0 Å². The molecule has 138 valence electrons. The standard InChI is InChI=1S/C28H26/c1-8-5-22-7-23-20-16(11(8)2-9(1)22)24(22)6-14-18-19-15-12-3-10-4-13(12)17-21(23)27(19,25(10,15)17)28(18,23)26(14,20)24/h8-17,20-21H,1-7H2. The van der Waals surface area contributed by atoms with E-state index in [0.717, 1.165) is 37.9 Å². The van der Waals surface area contributed by atoms with Crippen LogP contribution in [0.3, 0.4) is 0 Å². The zero-order chi connectivity index (χ0) is 16.5. The van der Waals surface area contributed by atoms with Crippen LogP contribution in [0.5, 0.6) is 0 Å². The Kier molecular flexibility index (Phi) is 0.875. The highest BCUT2D eigenvalue weighted by atomic mass is 15.3. The van der Waals surface area contributed by atoms with Gasteiger partial charge in [-0.25, -0.2) is 0 Å². The summed E-state index contributed by atoms with van der Waals surface area (Å²) in [5, 5.41) is 0. The summed E-state index contributed by atoms with van der Waals surface area (Å²) < 4.78 is 0. The highest BCUT2D eigenvalue weighted by Crippen LogP contribution is 3.30. The largest absolute Gasteiger partial charge is 0.0580 e. The minimum absolute atomic E-state index is 0.933. The molecule has 18 saturated carbocycles. The highest BCUT2D eigenvalue weighted by molar-refractivity contribution is 5.87. The first kappa shape index (κ1) is 11.4. The first-order valence-electron chi connectivity index (χ1n) is 13.5. The molecule has 0 nitrogen and oxygen atoms in total. The second kappa shape index (κ2) is 2.15. The third-order valence-electron chi connectivity index (χ3n) is 18.9. The summed E-state index contributed by atoms with van der Waals surface area (Å²) in [5.41, 5.74) is 11.3. The summed E-state index contributed by atoms with van der Waals surface area (Å²) in [6.07, 6.45) is 12.2. The fourth-order valence-corrected chi connectivity index (χ4v) is 21.5. The van der Waals surface area contributed by atoms with Gasteiger partial charge in [0.1, 0.15) is 0 Å². The van der Waals surface area contributed by atoms with Crippen LogP contribution in [0.25, 0.3) is 0 Å². The molecule has 0 saturated heterocycles. The highest BCUT2D eigenvalue weighted by Gasteiger charge is 3.27. The second-order valence-electron chi connectivity index (χ2n) is 16.1. The monoisotopic (exact) mass is 362 g/mol. The number of fused-ring (bicyclic) bond motifs is 1. The maximum absolute atomic E-state index is 2.29. The van der Waals surface area contributed by atoms with Crippen LogP contribution in [-0.2, 0) is 0 Å². The molecule has 19 aliphatic carbocycles. The van der Waals surface area contributed by atoms with Crippen molar-refractivity contribution < 1.29 is 0 Å². The fraction of sp³-hybridized carbons (Fsp3) is 0.929. The predicted octanol–water partition coefficient (Wildman–Crippen LogP) is 4.52. The van der Waals surface area contributed by atoms with E-state index < -0.39 is 0 Å². The molecular formula is C28H26. The second-order valence-corrected chi connectivity index (χ2v) is 16.1. The Morgan fingerprint density at radius 2 is 1.71 bits per heavy atom. The van der Waals surface area contributed by atoms with Crippen LogP contribution in [0, 0.1) is 109 Å². The van der Waals surface area contributed by atoms with Gasteiger partial charge in [-0.3, -0.25) is 0 Å². The maximum atomic E-state index is 2.29. The Labute approximate surface area is 165 Å². The molecule has 19 atom stereocenters. The molecule has 0 amide bonds. The zero-order valence-corrected chi connectivity index (χ0v) is 16.4. The summed E-state index contributed by atoms with van der Waals surface area (Å²) in [6, 6.07) is 0. The van der Waals surface area contributed by atoms with Crippen LogP contribution in [0.1, 0.15) is 44.9 Å². The van der Waals surface area contributed by atoms with Crippen molar-refractivity contribution in [2.24, 2.45) is 109 Å². The summed E-state index contributed by atoms with van der Waals surface area (Å²) >= 11 is 0. The van der Waals surface area contributed by atoms with Crippen LogP contribution < -0.4 is 0 Å². The van der Waals surface area contributed by atoms with Crippen molar-refractivity contribution in [1.29, 1.82) is 0 Å². The van der Waals surface area contributed by atoms with Crippen LogP contribution in [0.15, 0.2) is 11.1 Å². The van der Waals surface area contributed by atoms with Gasteiger partial charge >= 0.3 is 0 Å². The van der Waals surface area contributed by atoms with E-state index in [9.17, 15) is 0 Å². The maximum Gasteiger partial charge on any atom is 0.0154 e. The predicted molar refractivity (Wildman–Crippen MR) is 98.3 cm³/mol. The molecule has 28 heavy (non-hydrogen) atoms. The molecule has 18 fully saturated rings. The van der Waals surface area contributed by atoms with E-state index in [0.29, 0.717) is 0 Å². The fourth-order valence-electron chi connectivity index (χ4n) is 21.5. The first-order chi connectivity index (χ1) is 13.8. The molecule has 7 spiro atoms. The van der Waals surface area contributed by atoms with Crippen molar-refractivity contribution >= 4 is 0 Å². The van der Waals surface area contributed by atoms with Crippen molar-refractivity contribution in [1.82, 2.24) is 0 Å². The smallest absolute Gasteiger partial charge is 0.0154 e. The molecule has 0 aromatic heterocycles. The van der Waals surface area contributed by atoms with Gasteiger partial charge in [0.2, 0.25) is 0 Å². The van der Waals surface area contributed by atoms with E-state index in [1.165, 1.54) is 71.0 Å². The molecule has 0 N–H and O–H groups in total. The summed E-state index contributed by atoms with van der Waals surface area (Å²) in [7, 11) is 0. The lowest BCUT2D eigenvalue weighted by Gasteiger charge is -3.24. The lowest BCUT2D eigenvalue weighted by Crippen LogP contribution is -3.21. The molecule has 13 bridgehead atoms. The average Bonchev–Trinajstić information content (AvgIpc) is 3.40. The number of hydrogen-bond acceptors (Lipinski definition) is 0. The summed E-state index contributed by atoms with van der Waals surface area (Å²) in [4.78, 5) is 0. The minimum Gasteiger partial charge on any atom is -0.0580 e. The number of rotatable bonds is 0. The number of hydrogen-bond donors (Lipinski definition) is 0. The van der Waals surface area contributed by atoms with Crippen LogP contribution in [-0.4, -0.2) is 0 Å². The van der Waals surface area contributed by atoms with Crippen molar-refractivity contribution in [2.45, 2.75) is 44.9 Å². The van der Waals surface area contributed by atoms with Gasteiger partial charge in [0, 0.05) is 10.8 Å². The Bertz CT molecular complexity index is 1260. The van der Waals surface area contributed by atoms with Crippen LogP contribution >= 0.6 is 0 Å². The van der Waals surface area contributed by atoms with E-state index in [-0.39, 0.29) is 0 Å². The van der Waals surface area contributed by atoms with Gasteiger partial charge in [0.15, 0.2) is 0 Å². The molecule has 19 rings (SSSR count). The molecule has 19 unspecified atom stereocenters. The summed E-state index contributed by atoms with van der Waals surface area (Å²) in [6.45, 7) is 0. The van der Waals surface area contributed by atoms with Gasteiger partial charge in [0.05, 0.1) is 0 Å². The molecule has 0 aromatic rings. The molecule has 0 heteroatoms. The van der Waals surface area contributed by atoms with Gasteiger partial charge in [-0.1, -0.05) is 11.1 Å². The minimum atomic E-state index is 0.933. The Hall–Kier alpha value is -0.260. The number of allylic oxidation sites excluding steroid dienone is 2. The normalized spacial score (nSPS) is 103. The van der Waals surface area contributed by atoms with Crippen LogP contribution in [0.2, 0.25) is 0 Å². The molecular weight excluding hydrogens is 336 g/mol. The van der Waals surface area contributed by atoms with Gasteiger partial charge < -0.3 is 0 Å². The average molecular weight is 363 g/mol. The van der Waals surface area contributed by atoms with E-state index in [1.54, 1.807) is 38.5 Å². The van der Waals surface area contributed by atoms with E-state index in [1.807, 2.05) is 6.42 Å². The van der Waals surface area contributed by atoms with Gasteiger partial charge in [0.25, 0.3) is 0 Å². The van der Waals surface area contributed by atoms with E-state index >= 15 is 0 Å². The Balaban J connectivity index is 1.16. The van der Waals surface area contributed by atoms with Crippen molar-refractivity contribution in [3.05, 3.63) is 11.1 Å². The van der Waals surface area contributed by atoms with Crippen LogP contribution in [0.4, 0.5) is 0 Å². The topological polar surface area (TPSA) is 0 Å². The first-order valence-corrected chi connectivity index (χ1v) is 13.5. The molecule has 19 aliphatic rings. The van der Waals surface area contributed by atoms with E-state index in [4.69, 9.17) is 0 Å². The lowest BCUT2D eigenvalue weighted by atomic mass is 8.78. The lowest BCUT2D eigenvalue weighted by molar-refractivity contribution is -0.733. The third-order valence-corrected chi connectivity index (χ3v) is 18.9. The Morgan fingerprint density at radius 1 is 0.786 bits per heavy atom. The molecule has 0 aliphatic heterocycles. The van der Waals surface area contributed by atoms with Crippen molar-refractivity contribution in [3.8, 4) is 0 Å². The summed E-state index contributed by atoms with van der Waals surface area (Å²) in [5.74, 6) is 15.0. The van der Waals surface area contributed by atoms with Gasteiger partial charge in [-0.05, 0) is 143 Å². The van der Waals surface area contributed by atoms with Gasteiger partial charge in [-0.15, -0.1) is 0 Å². The third kappa shape index (κ3) is 0.403. The quantitative estimate of drug-likeness (QED) is 0.556. The van der Waals surface area contributed by atoms with Crippen molar-refractivity contribution in [3.63, 3.8) is 0 Å². The molecule has 0 radical (unpaired) electrons. The Morgan fingerprint density at radius 3 is 2.64 bits per heavy atom. The zero-order valence-electron chi connectivity index (χ0n) is 16.4. The molecule has 0 aromatic carbocycles.